The molecular formula is C24H24N2O3. The van der Waals surface area contributed by atoms with Gasteiger partial charge in [0, 0.05) is 5.69 Å². The van der Waals surface area contributed by atoms with Crippen LogP contribution in [0, 0.1) is 6.92 Å². The SMILES string of the molecule is COC(=O)c1ccc(C)c(NC(=O)CNC(c2ccccc2)c2ccccc2)c1. The minimum absolute atomic E-state index is 0.106. The van der Waals surface area contributed by atoms with E-state index in [2.05, 4.69) is 10.6 Å². The lowest BCUT2D eigenvalue weighted by Gasteiger charge is -2.20. The highest BCUT2D eigenvalue weighted by Gasteiger charge is 2.16. The summed E-state index contributed by atoms with van der Waals surface area (Å²) in [5.74, 6) is -0.626. The maximum atomic E-state index is 12.6. The van der Waals surface area contributed by atoms with Crippen molar-refractivity contribution in [3.05, 3.63) is 101 Å². The number of rotatable bonds is 7. The second-order valence-corrected chi connectivity index (χ2v) is 6.70. The highest BCUT2D eigenvalue weighted by atomic mass is 16.5. The number of amides is 1. The summed E-state index contributed by atoms with van der Waals surface area (Å²) in [6, 6.07) is 25.0. The molecule has 0 radical (unpaired) electrons. The van der Waals surface area contributed by atoms with Crippen molar-refractivity contribution in [3.8, 4) is 0 Å². The van der Waals surface area contributed by atoms with Crippen molar-refractivity contribution in [1.29, 1.82) is 0 Å². The largest absolute Gasteiger partial charge is 0.465 e. The first-order valence-corrected chi connectivity index (χ1v) is 9.40. The Morgan fingerprint density at radius 3 is 2.03 bits per heavy atom. The van der Waals surface area contributed by atoms with Gasteiger partial charge in [-0.05, 0) is 35.7 Å². The number of carbonyl (C=O) groups is 2. The van der Waals surface area contributed by atoms with E-state index >= 15 is 0 Å². The Labute approximate surface area is 170 Å². The van der Waals surface area contributed by atoms with Gasteiger partial charge in [-0.15, -0.1) is 0 Å². The van der Waals surface area contributed by atoms with E-state index in [-0.39, 0.29) is 18.5 Å². The molecule has 0 bridgehead atoms. The van der Waals surface area contributed by atoms with Gasteiger partial charge in [-0.2, -0.15) is 0 Å². The zero-order chi connectivity index (χ0) is 20.6. The van der Waals surface area contributed by atoms with Crippen LogP contribution in [-0.2, 0) is 9.53 Å². The van der Waals surface area contributed by atoms with Crippen LogP contribution in [0.15, 0.2) is 78.9 Å². The van der Waals surface area contributed by atoms with Crippen LogP contribution >= 0.6 is 0 Å². The Balaban J connectivity index is 1.72. The van der Waals surface area contributed by atoms with E-state index in [9.17, 15) is 9.59 Å². The summed E-state index contributed by atoms with van der Waals surface area (Å²) < 4.78 is 4.75. The predicted molar refractivity (Wildman–Crippen MR) is 114 cm³/mol. The van der Waals surface area contributed by atoms with Crippen LogP contribution in [0.25, 0.3) is 0 Å². The lowest BCUT2D eigenvalue weighted by molar-refractivity contribution is -0.115. The van der Waals surface area contributed by atoms with Gasteiger partial charge < -0.3 is 10.1 Å². The Hall–Kier alpha value is -3.44. The zero-order valence-corrected chi connectivity index (χ0v) is 16.5. The van der Waals surface area contributed by atoms with Gasteiger partial charge in [-0.25, -0.2) is 4.79 Å². The number of methoxy groups -OCH3 is 1. The number of hydrogen-bond donors (Lipinski definition) is 2. The number of esters is 1. The average Bonchev–Trinajstić information content (AvgIpc) is 2.76. The molecule has 2 N–H and O–H groups in total. The zero-order valence-electron chi connectivity index (χ0n) is 16.5. The van der Waals surface area contributed by atoms with Crippen molar-refractivity contribution < 1.29 is 14.3 Å². The fourth-order valence-corrected chi connectivity index (χ4v) is 3.11. The summed E-state index contributed by atoms with van der Waals surface area (Å²) in [5, 5.41) is 6.22. The van der Waals surface area contributed by atoms with Crippen molar-refractivity contribution in [2.75, 3.05) is 19.0 Å². The third kappa shape index (κ3) is 5.30. The number of aryl methyl sites for hydroxylation is 1. The first-order chi connectivity index (χ1) is 14.1. The number of benzene rings is 3. The molecule has 5 nitrogen and oxygen atoms in total. The lowest BCUT2D eigenvalue weighted by Crippen LogP contribution is -2.32. The summed E-state index contributed by atoms with van der Waals surface area (Å²) in [6.07, 6.45) is 0. The number of ether oxygens (including phenoxy) is 1. The van der Waals surface area contributed by atoms with E-state index in [0.717, 1.165) is 16.7 Å². The van der Waals surface area contributed by atoms with Crippen molar-refractivity contribution in [1.82, 2.24) is 5.32 Å². The number of carbonyl (C=O) groups excluding carboxylic acids is 2. The van der Waals surface area contributed by atoms with Gasteiger partial charge in [0.05, 0.1) is 25.3 Å². The molecule has 0 aliphatic heterocycles. The van der Waals surface area contributed by atoms with E-state index < -0.39 is 5.97 Å². The first-order valence-electron chi connectivity index (χ1n) is 9.40. The van der Waals surface area contributed by atoms with Gasteiger partial charge >= 0.3 is 5.97 Å². The van der Waals surface area contributed by atoms with E-state index in [1.807, 2.05) is 67.6 Å². The second kappa shape index (κ2) is 9.66. The fraction of sp³-hybridized carbons (Fsp3) is 0.167. The molecule has 3 aromatic carbocycles. The summed E-state index contributed by atoms with van der Waals surface area (Å²) in [7, 11) is 1.33. The van der Waals surface area contributed by atoms with Gasteiger partial charge in [-0.3, -0.25) is 10.1 Å². The molecule has 0 aliphatic carbocycles. The summed E-state index contributed by atoms with van der Waals surface area (Å²) in [5.41, 5.74) is 4.02. The molecule has 0 saturated heterocycles. The van der Waals surface area contributed by atoms with Crippen molar-refractivity contribution >= 4 is 17.6 Å². The number of nitrogens with one attached hydrogen (secondary N) is 2. The third-order valence-electron chi connectivity index (χ3n) is 4.67. The highest BCUT2D eigenvalue weighted by molar-refractivity contribution is 5.96. The van der Waals surface area contributed by atoms with Gasteiger partial charge in [0.15, 0.2) is 0 Å². The highest BCUT2D eigenvalue weighted by Crippen LogP contribution is 2.22. The Morgan fingerprint density at radius 2 is 1.48 bits per heavy atom. The molecule has 0 saturated carbocycles. The minimum Gasteiger partial charge on any atom is -0.465 e. The summed E-state index contributed by atoms with van der Waals surface area (Å²) in [6.45, 7) is 2.00. The van der Waals surface area contributed by atoms with Crippen LogP contribution in [-0.4, -0.2) is 25.5 Å². The van der Waals surface area contributed by atoms with Crippen molar-refractivity contribution in [2.24, 2.45) is 0 Å². The number of anilines is 1. The van der Waals surface area contributed by atoms with Crippen LogP contribution in [0.4, 0.5) is 5.69 Å². The predicted octanol–water partition coefficient (Wildman–Crippen LogP) is 4.10. The Kier molecular flexibility index (Phi) is 6.76. The maximum absolute atomic E-state index is 12.6. The van der Waals surface area contributed by atoms with Crippen molar-refractivity contribution in [2.45, 2.75) is 13.0 Å². The fourth-order valence-electron chi connectivity index (χ4n) is 3.11. The standard InChI is InChI=1S/C24H24N2O3/c1-17-13-14-20(24(28)29-2)15-21(17)26-22(27)16-25-23(18-9-5-3-6-10-18)19-11-7-4-8-12-19/h3-15,23,25H,16H2,1-2H3,(H,26,27). The molecule has 0 fully saturated rings. The van der Waals surface area contributed by atoms with E-state index in [1.54, 1.807) is 18.2 Å². The van der Waals surface area contributed by atoms with Gasteiger partial charge in [0.1, 0.15) is 0 Å². The smallest absolute Gasteiger partial charge is 0.337 e. The van der Waals surface area contributed by atoms with Crippen LogP contribution in [0.3, 0.4) is 0 Å². The summed E-state index contributed by atoms with van der Waals surface area (Å²) >= 11 is 0. The molecule has 0 aliphatic rings. The quantitative estimate of drug-likeness (QED) is 0.598. The molecule has 0 heterocycles. The van der Waals surface area contributed by atoms with Crippen molar-refractivity contribution in [3.63, 3.8) is 0 Å². The van der Waals surface area contributed by atoms with Crippen LogP contribution in [0.5, 0.6) is 0 Å². The molecule has 0 spiro atoms. The van der Waals surface area contributed by atoms with Crippen LogP contribution < -0.4 is 10.6 Å². The molecule has 3 rings (SSSR count). The van der Waals surface area contributed by atoms with Gasteiger partial charge in [0.25, 0.3) is 0 Å². The molecule has 29 heavy (non-hydrogen) atoms. The van der Waals surface area contributed by atoms with Crippen LogP contribution in [0.2, 0.25) is 0 Å². The summed E-state index contributed by atoms with van der Waals surface area (Å²) in [4.78, 5) is 24.3. The molecule has 148 valence electrons. The van der Waals surface area contributed by atoms with Crippen LogP contribution in [0.1, 0.15) is 33.1 Å². The topological polar surface area (TPSA) is 67.4 Å². The molecule has 5 heteroatoms. The van der Waals surface area contributed by atoms with Gasteiger partial charge in [0.2, 0.25) is 5.91 Å². The Morgan fingerprint density at radius 1 is 0.897 bits per heavy atom. The van der Waals surface area contributed by atoms with E-state index in [4.69, 9.17) is 4.74 Å². The molecule has 0 atom stereocenters. The molecule has 0 aromatic heterocycles. The maximum Gasteiger partial charge on any atom is 0.337 e. The monoisotopic (exact) mass is 388 g/mol. The van der Waals surface area contributed by atoms with Gasteiger partial charge in [-0.1, -0.05) is 66.7 Å². The number of hydrogen-bond acceptors (Lipinski definition) is 4. The Bertz CT molecular complexity index is 932. The molecule has 1 amide bonds. The lowest BCUT2D eigenvalue weighted by atomic mass is 9.99. The molecule has 0 unspecified atom stereocenters. The van der Waals surface area contributed by atoms with E-state index in [1.165, 1.54) is 7.11 Å². The normalized spacial score (nSPS) is 10.6. The van der Waals surface area contributed by atoms with E-state index in [0.29, 0.717) is 11.3 Å². The average molecular weight is 388 g/mol. The minimum atomic E-state index is -0.438. The first kappa shape index (κ1) is 20.3. The molecule has 3 aromatic rings. The second-order valence-electron chi connectivity index (χ2n) is 6.70. The third-order valence-corrected chi connectivity index (χ3v) is 4.67. The molecular weight excluding hydrogens is 364 g/mol.